The van der Waals surface area contributed by atoms with Gasteiger partial charge < -0.3 is 20.7 Å². The summed E-state index contributed by atoms with van der Waals surface area (Å²) in [4.78, 5) is 24.5. The third kappa shape index (κ3) is 7.79. The SMILES string of the molecule is CCS(=O)(=O)Nc1ncccc1CNc1nc(Nc2cccc(C(=O)NC3CCOCC3)c2)ncc1C(F)(F)F. The molecule has 0 radical (unpaired) electrons. The molecule has 4 N–H and O–H groups in total. The number of carbonyl (C=O) groups is 1. The third-order valence-electron chi connectivity index (χ3n) is 6.00. The Hall–Kier alpha value is -3.98. The summed E-state index contributed by atoms with van der Waals surface area (Å²) in [6.07, 6.45) is -1.33. The lowest BCUT2D eigenvalue weighted by Gasteiger charge is -2.23. The van der Waals surface area contributed by atoms with E-state index >= 15 is 0 Å². The minimum Gasteiger partial charge on any atom is -0.381 e. The van der Waals surface area contributed by atoms with Crippen LogP contribution >= 0.6 is 0 Å². The van der Waals surface area contributed by atoms with Gasteiger partial charge in [-0.15, -0.1) is 0 Å². The molecule has 0 aliphatic carbocycles. The van der Waals surface area contributed by atoms with Crippen LogP contribution in [0.5, 0.6) is 0 Å². The molecule has 4 rings (SSSR count). The van der Waals surface area contributed by atoms with E-state index in [0.717, 1.165) is 0 Å². The van der Waals surface area contributed by atoms with Crippen LogP contribution in [0.2, 0.25) is 0 Å². The third-order valence-corrected chi connectivity index (χ3v) is 7.27. The van der Waals surface area contributed by atoms with E-state index in [2.05, 4.69) is 35.6 Å². The smallest absolute Gasteiger partial charge is 0.381 e. The zero-order valence-electron chi connectivity index (χ0n) is 21.5. The molecule has 0 atom stereocenters. The summed E-state index contributed by atoms with van der Waals surface area (Å²) in [6, 6.07) is 9.49. The van der Waals surface area contributed by atoms with Crippen LogP contribution in [0.15, 0.2) is 48.8 Å². The highest BCUT2D eigenvalue weighted by Gasteiger charge is 2.35. The molecule has 2 aromatic heterocycles. The Bertz CT molecular complexity index is 1450. The Balaban J connectivity index is 1.52. The molecule has 1 aliphatic rings. The van der Waals surface area contributed by atoms with Crippen LogP contribution in [0.4, 0.5) is 36.4 Å². The summed E-state index contributed by atoms with van der Waals surface area (Å²) in [5, 5.41) is 8.41. The van der Waals surface area contributed by atoms with Gasteiger partial charge in [-0.1, -0.05) is 12.1 Å². The highest BCUT2D eigenvalue weighted by atomic mass is 32.2. The van der Waals surface area contributed by atoms with E-state index in [1.807, 2.05) is 0 Å². The van der Waals surface area contributed by atoms with Crippen molar-refractivity contribution in [2.24, 2.45) is 0 Å². The van der Waals surface area contributed by atoms with Crippen molar-refractivity contribution in [1.82, 2.24) is 20.3 Å². The minimum atomic E-state index is -4.76. The number of sulfonamides is 1. The maximum atomic E-state index is 13.7. The number of alkyl halides is 3. The number of hydrogen-bond donors (Lipinski definition) is 4. The van der Waals surface area contributed by atoms with Crippen LogP contribution in [0.25, 0.3) is 0 Å². The van der Waals surface area contributed by atoms with E-state index in [0.29, 0.717) is 49.1 Å². The molecule has 214 valence electrons. The van der Waals surface area contributed by atoms with Gasteiger partial charge in [-0.05, 0) is 44.0 Å². The van der Waals surface area contributed by atoms with Crippen molar-refractivity contribution in [2.45, 2.75) is 38.5 Å². The molecule has 1 aliphatic heterocycles. The maximum Gasteiger partial charge on any atom is 0.421 e. The van der Waals surface area contributed by atoms with Crippen molar-refractivity contribution < 1.29 is 31.1 Å². The summed E-state index contributed by atoms with van der Waals surface area (Å²) in [6.45, 7) is 2.38. The van der Waals surface area contributed by atoms with Gasteiger partial charge in [-0.2, -0.15) is 18.2 Å². The molecule has 3 heterocycles. The van der Waals surface area contributed by atoms with Crippen LogP contribution in [-0.4, -0.2) is 54.3 Å². The van der Waals surface area contributed by atoms with Gasteiger partial charge in [0.15, 0.2) is 0 Å². The molecule has 1 amide bonds. The average Bonchev–Trinajstić information content (AvgIpc) is 2.92. The molecule has 0 unspecified atom stereocenters. The number of hydrogen-bond acceptors (Lipinski definition) is 9. The van der Waals surface area contributed by atoms with Crippen LogP contribution in [0.1, 0.15) is 41.3 Å². The number of ether oxygens (including phenoxy) is 1. The number of nitrogens with one attached hydrogen (secondary N) is 4. The second-order valence-corrected chi connectivity index (χ2v) is 10.9. The van der Waals surface area contributed by atoms with Crippen LogP contribution in [0, 0.1) is 0 Å². The van der Waals surface area contributed by atoms with Gasteiger partial charge in [-0.3, -0.25) is 9.52 Å². The van der Waals surface area contributed by atoms with E-state index < -0.39 is 27.6 Å². The number of carbonyl (C=O) groups excluding carboxylic acids is 1. The summed E-state index contributed by atoms with van der Waals surface area (Å²) in [5.41, 5.74) is -0.0412. The van der Waals surface area contributed by atoms with Crippen molar-refractivity contribution in [2.75, 3.05) is 34.3 Å². The second kappa shape index (κ2) is 12.5. The molecule has 0 spiro atoms. The van der Waals surface area contributed by atoms with Crippen molar-refractivity contribution >= 4 is 39.2 Å². The lowest BCUT2D eigenvalue weighted by molar-refractivity contribution is -0.137. The minimum absolute atomic E-state index is 0.00218. The van der Waals surface area contributed by atoms with Gasteiger partial charge in [-0.25, -0.2) is 18.4 Å². The lowest BCUT2D eigenvalue weighted by Crippen LogP contribution is -2.38. The van der Waals surface area contributed by atoms with Gasteiger partial charge >= 0.3 is 6.18 Å². The highest BCUT2D eigenvalue weighted by molar-refractivity contribution is 7.92. The van der Waals surface area contributed by atoms with Gasteiger partial charge in [0.25, 0.3) is 5.91 Å². The second-order valence-electron chi connectivity index (χ2n) is 8.89. The van der Waals surface area contributed by atoms with Crippen molar-refractivity contribution in [3.8, 4) is 0 Å². The zero-order valence-corrected chi connectivity index (χ0v) is 22.3. The fourth-order valence-corrected chi connectivity index (χ4v) is 4.46. The first-order valence-electron chi connectivity index (χ1n) is 12.4. The monoisotopic (exact) mass is 579 g/mol. The highest BCUT2D eigenvalue weighted by Crippen LogP contribution is 2.34. The van der Waals surface area contributed by atoms with Gasteiger partial charge in [0.2, 0.25) is 16.0 Å². The zero-order chi connectivity index (χ0) is 28.8. The van der Waals surface area contributed by atoms with Gasteiger partial charge in [0, 0.05) is 55.0 Å². The molecule has 40 heavy (non-hydrogen) atoms. The molecular formula is C25H28F3N7O4S. The van der Waals surface area contributed by atoms with Crippen LogP contribution in [-0.2, 0) is 27.5 Å². The van der Waals surface area contributed by atoms with Crippen molar-refractivity contribution in [3.05, 3.63) is 65.5 Å². The standard InChI is InChI=1S/C25H28F3N7O4S/c1-2-40(37,38)35-21-17(6-4-10-29-21)14-30-22-20(25(26,27)28)15-31-24(34-22)33-19-7-3-5-16(13-19)23(36)32-18-8-11-39-12-9-18/h3-7,10,13,15,18H,2,8-9,11-12,14H2,1H3,(H,29,35)(H,32,36)(H2,30,31,33,34). The number of anilines is 4. The predicted octanol–water partition coefficient (Wildman–Crippen LogP) is 3.92. The fraction of sp³-hybridized carbons (Fsp3) is 0.360. The molecular weight excluding hydrogens is 551 g/mol. The molecule has 1 aromatic carbocycles. The largest absolute Gasteiger partial charge is 0.421 e. The van der Waals surface area contributed by atoms with Crippen molar-refractivity contribution in [3.63, 3.8) is 0 Å². The summed E-state index contributed by atoms with van der Waals surface area (Å²) in [5.74, 6) is -1.15. The molecule has 15 heteroatoms. The van der Waals surface area contributed by atoms with E-state index in [1.54, 1.807) is 24.3 Å². The molecule has 0 bridgehead atoms. The first kappa shape index (κ1) is 29.0. The molecule has 1 saturated heterocycles. The number of rotatable bonds is 10. The Labute approximate surface area is 229 Å². The molecule has 11 nitrogen and oxygen atoms in total. The first-order valence-corrected chi connectivity index (χ1v) is 14.1. The Morgan fingerprint density at radius 3 is 2.60 bits per heavy atom. The van der Waals surface area contributed by atoms with Gasteiger partial charge in [0.05, 0.1) is 5.75 Å². The normalized spacial score (nSPS) is 14.4. The number of aromatic nitrogens is 3. The fourth-order valence-electron chi connectivity index (χ4n) is 3.83. The summed E-state index contributed by atoms with van der Waals surface area (Å²) < 4.78 is 72.7. The number of nitrogens with zero attached hydrogens (tertiary/aromatic N) is 3. The maximum absolute atomic E-state index is 13.7. The van der Waals surface area contributed by atoms with E-state index in [4.69, 9.17) is 4.74 Å². The first-order chi connectivity index (χ1) is 19.0. The Morgan fingerprint density at radius 1 is 1.10 bits per heavy atom. The van der Waals surface area contributed by atoms with Crippen molar-refractivity contribution in [1.29, 1.82) is 0 Å². The van der Waals surface area contributed by atoms with E-state index in [-0.39, 0.29) is 36.0 Å². The molecule has 1 fully saturated rings. The van der Waals surface area contributed by atoms with Gasteiger partial charge in [0.1, 0.15) is 17.2 Å². The summed E-state index contributed by atoms with van der Waals surface area (Å²) >= 11 is 0. The number of benzene rings is 1. The molecule has 0 saturated carbocycles. The van der Waals surface area contributed by atoms with Crippen LogP contribution < -0.4 is 20.7 Å². The summed E-state index contributed by atoms with van der Waals surface area (Å²) in [7, 11) is -3.66. The Morgan fingerprint density at radius 2 is 1.88 bits per heavy atom. The average molecular weight is 580 g/mol. The lowest BCUT2D eigenvalue weighted by atomic mass is 10.1. The number of amides is 1. The number of halogens is 3. The quantitative estimate of drug-likeness (QED) is 0.281. The van der Waals surface area contributed by atoms with Crippen LogP contribution in [0.3, 0.4) is 0 Å². The number of pyridine rings is 1. The Kier molecular flexibility index (Phi) is 9.04. The van der Waals surface area contributed by atoms with E-state index in [1.165, 1.54) is 25.3 Å². The topological polar surface area (TPSA) is 147 Å². The van der Waals surface area contributed by atoms with E-state index in [9.17, 15) is 26.4 Å². The predicted molar refractivity (Wildman–Crippen MR) is 143 cm³/mol. The molecule has 3 aromatic rings.